The summed E-state index contributed by atoms with van der Waals surface area (Å²) in [6.45, 7) is 8.17. The fourth-order valence-electron chi connectivity index (χ4n) is 3.01. The van der Waals surface area contributed by atoms with Gasteiger partial charge in [-0.3, -0.25) is 0 Å². The Kier molecular flexibility index (Phi) is 7.77. The molecule has 0 N–H and O–H groups in total. The van der Waals surface area contributed by atoms with E-state index in [0.717, 1.165) is 25.9 Å². The lowest BCUT2D eigenvalue weighted by molar-refractivity contribution is 0.159. The van der Waals surface area contributed by atoms with E-state index in [4.69, 9.17) is 4.74 Å². The van der Waals surface area contributed by atoms with E-state index in [1.54, 1.807) is 0 Å². The number of rotatable bonds is 9. The Morgan fingerprint density at radius 1 is 0.833 bits per heavy atom. The summed E-state index contributed by atoms with van der Waals surface area (Å²) in [7, 11) is 0. The number of aryl methyl sites for hydroxylation is 2. The molecule has 0 amide bonds. The number of ether oxygens (including phenoxy) is 1. The van der Waals surface area contributed by atoms with Gasteiger partial charge in [-0.1, -0.05) is 81.8 Å². The van der Waals surface area contributed by atoms with Crippen molar-refractivity contribution in [3.8, 4) is 11.1 Å². The molecular weight excluding hydrogens is 292 g/mol. The van der Waals surface area contributed by atoms with Gasteiger partial charge in [0.1, 0.15) is 0 Å². The van der Waals surface area contributed by atoms with Crippen molar-refractivity contribution in [2.75, 3.05) is 13.2 Å². The third-order valence-corrected chi connectivity index (χ3v) is 4.41. The summed E-state index contributed by atoms with van der Waals surface area (Å²) in [5.74, 6) is 0. The van der Waals surface area contributed by atoms with Crippen LogP contribution in [0.4, 0.5) is 0 Å². The van der Waals surface area contributed by atoms with Crippen molar-refractivity contribution < 1.29 is 4.74 Å². The number of hydrogen-bond donors (Lipinski definition) is 0. The zero-order chi connectivity index (χ0) is 17.2. The van der Waals surface area contributed by atoms with Crippen LogP contribution in [0, 0.1) is 0 Å². The van der Waals surface area contributed by atoms with Gasteiger partial charge in [-0.15, -0.1) is 0 Å². The van der Waals surface area contributed by atoms with Crippen LogP contribution in [0.3, 0.4) is 0 Å². The van der Waals surface area contributed by atoms with Crippen LogP contribution in [-0.4, -0.2) is 13.2 Å². The summed E-state index contributed by atoms with van der Waals surface area (Å²) in [5.41, 5.74) is 6.81. The fourth-order valence-corrected chi connectivity index (χ4v) is 3.01. The molecule has 0 saturated heterocycles. The molecule has 0 radical (unpaired) electrons. The van der Waals surface area contributed by atoms with E-state index in [1.807, 2.05) is 0 Å². The van der Waals surface area contributed by atoms with Crippen LogP contribution in [0.2, 0.25) is 0 Å². The predicted molar refractivity (Wildman–Crippen MR) is 105 cm³/mol. The van der Waals surface area contributed by atoms with E-state index >= 15 is 0 Å². The molecule has 24 heavy (non-hydrogen) atoms. The highest BCUT2D eigenvalue weighted by Gasteiger charge is 2.09. The Bertz CT molecular complexity index is 655. The maximum Gasteiger partial charge on any atom is 0.0650 e. The maximum absolute atomic E-state index is 5.67. The molecule has 0 fully saturated rings. The second-order valence-corrected chi connectivity index (χ2v) is 6.07. The van der Waals surface area contributed by atoms with Gasteiger partial charge < -0.3 is 4.74 Å². The topological polar surface area (TPSA) is 9.23 Å². The Labute approximate surface area is 147 Å². The molecule has 0 unspecified atom stereocenters. The van der Waals surface area contributed by atoms with Crippen LogP contribution >= 0.6 is 0 Å². The standard InChI is InChI=1S/C23H30O/c1-4-7-17-24-18-11-16-22-20(6-3)13-10-15-23(22)21-14-9-8-12-19(21)5-2/h8-16H,4-7,17-18H2,1-3H3/b16-11+. The van der Waals surface area contributed by atoms with E-state index in [2.05, 4.69) is 75.4 Å². The van der Waals surface area contributed by atoms with Crippen molar-refractivity contribution in [3.63, 3.8) is 0 Å². The maximum atomic E-state index is 5.67. The van der Waals surface area contributed by atoms with E-state index in [0.29, 0.717) is 6.61 Å². The summed E-state index contributed by atoms with van der Waals surface area (Å²) in [6, 6.07) is 15.4. The Morgan fingerprint density at radius 3 is 2.29 bits per heavy atom. The molecule has 0 spiro atoms. The lowest BCUT2D eigenvalue weighted by atomic mass is 9.90. The SMILES string of the molecule is CCCCOC/C=C/c1c(CC)cccc1-c1ccccc1CC. The molecule has 0 aliphatic carbocycles. The first-order valence-corrected chi connectivity index (χ1v) is 9.26. The molecule has 2 aromatic carbocycles. The van der Waals surface area contributed by atoms with Crippen molar-refractivity contribution in [1.29, 1.82) is 0 Å². The van der Waals surface area contributed by atoms with Gasteiger partial charge in [0, 0.05) is 6.61 Å². The molecule has 0 bridgehead atoms. The molecule has 0 aromatic heterocycles. The van der Waals surface area contributed by atoms with Crippen LogP contribution in [0.5, 0.6) is 0 Å². The molecular formula is C23H30O. The van der Waals surface area contributed by atoms with Crippen LogP contribution in [0.15, 0.2) is 48.5 Å². The highest BCUT2D eigenvalue weighted by atomic mass is 16.5. The van der Waals surface area contributed by atoms with E-state index in [1.165, 1.54) is 34.2 Å². The zero-order valence-electron chi connectivity index (χ0n) is 15.3. The normalized spacial score (nSPS) is 11.3. The van der Waals surface area contributed by atoms with Crippen LogP contribution < -0.4 is 0 Å². The summed E-state index contributed by atoms with van der Waals surface area (Å²) in [6.07, 6.45) is 8.80. The first-order chi connectivity index (χ1) is 11.8. The van der Waals surface area contributed by atoms with Gasteiger partial charge in [0.2, 0.25) is 0 Å². The molecule has 1 heteroatoms. The minimum atomic E-state index is 0.687. The quantitative estimate of drug-likeness (QED) is 0.492. The lowest BCUT2D eigenvalue weighted by Gasteiger charge is -2.14. The first kappa shape index (κ1) is 18.5. The van der Waals surface area contributed by atoms with Crippen molar-refractivity contribution in [1.82, 2.24) is 0 Å². The lowest BCUT2D eigenvalue weighted by Crippen LogP contribution is -1.96. The van der Waals surface area contributed by atoms with Crippen LogP contribution in [0.1, 0.15) is 50.3 Å². The van der Waals surface area contributed by atoms with Crippen molar-refractivity contribution in [2.45, 2.75) is 46.5 Å². The van der Waals surface area contributed by atoms with Gasteiger partial charge in [-0.25, -0.2) is 0 Å². The minimum absolute atomic E-state index is 0.687. The van der Waals surface area contributed by atoms with Gasteiger partial charge >= 0.3 is 0 Å². The van der Waals surface area contributed by atoms with Gasteiger partial charge in [0.05, 0.1) is 6.61 Å². The molecule has 1 nitrogen and oxygen atoms in total. The second kappa shape index (κ2) is 10.1. The molecule has 0 heterocycles. The Morgan fingerprint density at radius 2 is 1.54 bits per heavy atom. The van der Waals surface area contributed by atoms with E-state index in [9.17, 15) is 0 Å². The molecule has 0 aliphatic heterocycles. The van der Waals surface area contributed by atoms with Gasteiger partial charge in [-0.05, 0) is 47.1 Å². The average molecular weight is 322 g/mol. The summed E-state index contributed by atoms with van der Waals surface area (Å²) >= 11 is 0. The third kappa shape index (κ3) is 4.82. The second-order valence-electron chi connectivity index (χ2n) is 6.07. The highest BCUT2D eigenvalue weighted by molar-refractivity contribution is 5.79. The van der Waals surface area contributed by atoms with Crippen molar-refractivity contribution >= 4 is 6.08 Å². The number of benzene rings is 2. The molecule has 2 aromatic rings. The predicted octanol–water partition coefficient (Wildman–Crippen LogP) is 6.31. The number of hydrogen-bond acceptors (Lipinski definition) is 1. The molecule has 0 atom stereocenters. The largest absolute Gasteiger partial charge is 0.377 e. The molecule has 2 rings (SSSR count). The highest BCUT2D eigenvalue weighted by Crippen LogP contribution is 2.30. The summed E-state index contributed by atoms with van der Waals surface area (Å²) < 4.78 is 5.67. The zero-order valence-corrected chi connectivity index (χ0v) is 15.3. The first-order valence-electron chi connectivity index (χ1n) is 9.26. The van der Waals surface area contributed by atoms with Crippen molar-refractivity contribution in [3.05, 3.63) is 65.2 Å². The summed E-state index contributed by atoms with van der Waals surface area (Å²) in [5, 5.41) is 0. The molecule has 128 valence electrons. The Hall–Kier alpha value is -1.86. The minimum Gasteiger partial charge on any atom is -0.377 e. The van der Waals surface area contributed by atoms with Gasteiger partial charge in [0.25, 0.3) is 0 Å². The van der Waals surface area contributed by atoms with E-state index < -0.39 is 0 Å². The van der Waals surface area contributed by atoms with Gasteiger partial charge in [0.15, 0.2) is 0 Å². The smallest absolute Gasteiger partial charge is 0.0650 e. The average Bonchev–Trinajstić information content (AvgIpc) is 2.64. The molecule has 0 aliphatic rings. The van der Waals surface area contributed by atoms with Crippen LogP contribution in [-0.2, 0) is 17.6 Å². The number of unbranched alkanes of at least 4 members (excludes halogenated alkanes) is 1. The van der Waals surface area contributed by atoms with Gasteiger partial charge in [-0.2, -0.15) is 0 Å². The summed E-state index contributed by atoms with van der Waals surface area (Å²) in [4.78, 5) is 0. The van der Waals surface area contributed by atoms with E-state index in [-0.39, 0.29) is 0 Å². The van der Waals surface area contributed by atoms with Crippen LogP contribution in [0.25, 0.3) is 17.2 Å². The molecule has 0 saturated carbocycles. The third-order valence-electron chi connectivity index (χ3n) is 4.41. The monoisotopic (exact) mass is 322 g/mol. The Balaban J connectivity index is 2.30. The van der Waals surface area contributed by atoms with Crippen molar-refractivity contribution in [2.24, 2.45) is 0 Å². The fraction of sp³-hybridized carbons (Fsp3) is 0.391.